The van der Waals surface area contributed by atoms with Gasteiger partial charge < -0.3 is 5.32 Å². The monoisotopic (exact) mass is 432 g/mol. The molecule has 31 heavy (non-hydrogen) atoms. The third-order valence-electron chi connectivity index (χ3n) is 5.17. The smallest absolute Gasteiger partial charge is 0.130 e. The topological polar surface area (TPSA) is 50.7 Å². The number of fused-ring (bicyclic) bond motifs is 1. The van der Waals surface area contributed by atoms with Crippen molar-refractivity contribution < 1.29 is 4.39 Å². The van der Waals surface area contributed by atoms with Gasteiger partial charge in [-0.25, -0.2) is 19.3 Å². The number of pyridine rings is 2. The maximum Gasteiger partial charge on any atom is 0.130 e. The van der Waals surface area contributed by atoms with Gasteiger partial charge in [-0.1, -0.05) is 26.0 Å². The molecule has 0 bridgehead atoms. The summed E-state index contributed by atoms with van der Waals surface area (Å²) in [6.45, 7) is 12.2. The largest absolute Gasteiger partial charge is 0.344 e. The summed E-state index contributed by atoms with van der Waals surface area (Å²) in [5.41, 5.74) is 5.18. The van der Waals surface area contributed by atoms with Gasteiger partial charge in [0.15, 0.2) is 0 Å². The van der Waals surface area contributed by atoms with Crippen molar-refractivity contribution in [3.05, 3.63) is 70.9 Å². The van der Waals surface area contributed by atoms with Gasteiger partial charge in [-0.3, -0.25) is 0 Å². The first-order valence-corrected chi connectivity index (χ1v) is 11.1. The molecule has 0 saturated heterocycles. The molecule has 0 radical (unpaired) electrons. The van der Waals surface area contributed by atoms with Gasteiger partial charge in [-0.05, 0) is 57.0 Å². The summed E-state index contributed by atoms with van der Waals surface area (Å²) in [5, 5.41) is 6.21. The molecule has 4 rings (SSSR count). The highest BCUT2D eigenvalue weighted by atomic mass is 32.1. The number of aryl methyl sites for hydroxylation is 3. The SMILES string of the molecule is C=C(CCC)Nc1cc2c(-c3sc(C)nc3C)nc(-c3cc(F)ccc3C)cc2cn1. The minimum atomic E-state index is -0.277. The van der Waals surface area contributed by atoms with Crippen molar-refractivity contribution >= 4 is 27.9 Å². The van der Waals surface area contributed by atoms with E-state index in [9.17, 15) is 4.39 Å². The molecule has 3 heterocycles. The van der Waals surface area contributed by atoms with E-state index in [2.05, 4.69) is 28.8 Å². The number of halogens is 1. The minimum Gasteiger partial charge on any atom is -0.344 e. The van der Waals surface area contributed by atoms with Crippen molar-refractivity contribution in [2.24, 2.45) is 0 Å². The summed E-state index contributed by atoms with van der Waals surface area (Å²) >= 11 is 1.62. The lowest BCUT2D eigenvalue weighted by Gasteiger charge is -2.13. The van der Waals surface area contributed by atoms with E-state index < -0.39 is 0 Å². The Labute approximate surface area is 185 Å². The summed E-state index contributed by atoms with van der Waals surface area (Å²) in [4.78, 5) is 15.2. The Morgan fingerprint density at radius 2 is 1.94 bits per heavy atom. The van der Waals surface area contributed by atoms with E-state index in [1.165, 1.54) is 12.1 Å². The Kier molecular flexibility index (Phi) is 5.83. The zero-order valence-corrected chi connectivity index (χ0v) is 19.0. The van der Waals surface area contributed by atoms with E-state index in [0.29, 0.717) is 0 Å². The minimum absolute atomic E-state index is 0.277. The van der Waals surface area contributed by atoms with Crippen LogP contribution in [0.2, 0.25) is 0 Å². The van der Waals surface area contributed by atoms with Gasteiger partial charge in [0.1, 0.15) is 11.6 Å². The number of benzene rings is 1. The Morgan fingerprint density at radius 3 is 2.65 bits per heavy atom. The average molecular weight is 433 g/mol. The number of thiazole rings is 1. The van der Waals surface area contributed by atoms with Crippen molar-refractivity contribution in [3.8, 4) is 21.8 Å². The lowest BCUT2D eigenvalue weighted by Crippen LogP contribution is -2.00. The molecule has 0 aliphatic carbocycles. The van der Waals surface area contributed by atoms with Crippen LogP contribution < -0.4 is 5.32 Å². The highest BCUT2D eigenvalue weighted by Crippen LogP contribution is 2.37. The molecule has 0 aliphatic rings. The number of aromatic nitrogens is 3. The van der Waals surface area contributed by atoms with E-state index >= 15 is 0 Å². The molecule has 4 aromatic rings. The Hall–Kier alpha value is -3.12. The van der Waals surface area contributed by atoms with Crippen LogP contribution in [0.1, 0.15) is 36.0 Å². The van der Waals surface area contributed by atoms with Crippen LogP contribution in [0.5, 0.6) is 0 Å². The van der Waals surface area contributed by atoms with Crippen molar-refractivity contribution in [1.82, 2.24) is 15.0 Å². The molecule has 0 spiro atoms. The Morgan fingerprint density at radius 1 is 1.13 bits per heavy atom. The van der Waals surface area contributed by atoms with Crippen molar-refractivity contribution in [2.75, 3.05) is 5.32 Å². The molecule has 0 saturated carbocycles. The summed E-state index contributed by atoms with van der Waals surface area (Å²) in [6.07, 6.45) is 3.74. The predicted molar refractivity (Wildman–Crippen MR) is 128 cm³/mol. The highest BCUT2D eigenvalue weighted by molar-refractivity contribution is 7.15. The molecule has 0 atom stereocenters. The number of nitrogens with zero attached hydrogens (tertiary/aromatic N) is 3. The zero-order valence-electron chi connectivity index (χ0n) is 18.2. The molecule has 0 fully saturated rings. The fourth-order valence-corrected chi connectivity index (χ4v) is 4.62. The lowest BCUT2D eigenvalue weighted by molar-refractivity contribution is 0.628. The van der Waals surface area contributed by atoms with Gasteiger partial charge in [0.25, 0.3) is 0 Å². The van der Waals surface area contributed by atoms with Crippen LogP contribution in [0.25, 0.3) is 32.6 Å². The predicted octanol–water partition coefficient (Wildman–Crippen LogP) is 7.21. The number of anilines is 1. The summed E-state index contributed by atoms with van der Waals surface area (Å²) in [7, 11) is 0. The van der Waals surface area contributed by atoms with Crippen LogP contribution in [-0.4, -0.2) is 15.0 Å². The first-order chi connectivity index (χ1) is 14.9. The maximum atomic E-state index is 14.0. The molecular weight excluding hydrogens is 407 g/mol. The van der Waals surface area contributed by atoms with Gasteiger partial charge >= 0.3 is 0 Å². The quantitative estimate of drug-likeness (QED) is 0.350. The number of hydrogen-bond donors (Lipinski definition) is 1. The normalized spacial score (nSPS) is 11.1. The molecule has 3 aromatic heterocycles. The van der Waals surface area contributed by atoms with Gasteiger partial charge in [-0.2, -0.15) is 0 Å². The van der Waals surface area contributed by atoms with Crippen LogP contribution in [0, 0.1) is 26.6 Å². The van der Waals surface area contributed by atoms with Crippen molar-refractivity contribution in [3.63, 3.8) is 0 Å². The van der Waals surface area contributed by atoms with Crippen LogP contribution in [-0.2, 0) is 0 Å². The summed E-state index contributed by atoms with van der Waals surface area (Å²) in [5.74, 6) is 0.462. The zero-order chi connectivity index (χ0) is 22.1. The number of hydrogen-bond acceptors (Lipinski definition) is 5. The van der Waals surface area contributed by atoms with Crippen LogP contribution in [0.15, 0.2) is 48.8 Å². The lowest BCUT2D eigenvalue weighted by atomic mass is 10.0. The second kappa shape index (κ2) is 8.55. The van der Waals surface area contributed by atoms with Crippen LogP contribution in [0.3, 0.4) is 0 Å². The second-order valence-electron chi connectivity index (χ2n) is 7.73. The molecular formula is C25H25FN4S. The number of nitrogens with one attached hydrogen (secondary N) is 1. The Bertz CT molecular complexity index is 1290. The van der Waals surface area contributed by atoms with E-state index in [-0.39, 0.29) is 5.82 Å². The summed E-state index contributed by atoms with van der Waals surface area (Å²) < 4.78 is 14.0. The molecule has 1 aromatic carbocycles. The second-order valence-corrected chi connectivity index (χ2v) is 8.94. The fourth-order valence-electron chi connectivity index (χ4n) is 3.69. The van der Waals surface area contributed by atoms with E-state index in [4.69, 9.17) is 4.98 Å². The van der Waals surface area contributed by atoms with Crippen molar-refractivity contribution in [1.29, 1.82) is 0 Å². The highest BCUT2D eigenvalue weighted by Gasteiger charge is 2.17. The molecule has 0 amide bonds. The number of allylic oxidation sites excluding steroid dienone is 1. The molecule has 158 valence electrons. The molecule has 4 nitrogen and oxygen atoms in total. The van der Waals surface area contributed by atoms with Gasteiger partial charge in [0, 0.05) is 28.2 Å². The molecule has 0 aliphatic heterocycles. The Balaban J connectivity index is 1.94. The van der Waals surface area contributed by atoms with Gasteiger partial charge in [0.05, 0.1) is 27.0 Å². The van der Waals surface area contributed by atoms with E-state index in [1.54, 1.807) is 17.4 Å². The first-order valence-electron chi connectivity index (χ1n) is 10.3. The van der Waals surface area contributed by atoms with Crippen LogP contribution >= 0.6 is 11.3 Å². The third kappa shape index (κ3) is 4.35. The van der Waals surface area contributed by atoms with Gasteiger partial charge in [0.2, 0.25) is 0 Å². The summed E-state index contributed by atoms with van der Waals surface area (Å²) in [6, 6.07) is 8.77. The van der Waals surface area contributed by atoms with E-state index in [1.807, 2.05) is 39.1 Å². The van der Waals surface area contributed by atoms with Crippen LogP contribution in [0.4, 0.5) is 10.2 Å². The van der Waals surface area contributed by atoms with E-state index in [0.717, 1.165) is 73.2 Å². The number of rotatable bonds is 6. The fraction of sp³-hybridized carbons (Fsp3) is 0.240. The average Bonchev–Trinajstić information content (AvgIpc) is 3.07. The molecule has 6 heteroatoms. The van der Waals surface area contributed by atoms with Gasteiger partial charge in [-0.15, -0.1) is 11.3 Å². The molecule has 0 unspecified atom stereocenters. The standard InChI is InChI=1S/C25H25FN4S/c1-6-7-15(3)28-23-12-21-18(13-27-23)10-22(20-11-19(26)9-8-14(20)2)30-24(21)25-16(4)29-17(5)31-25/h8-13H,3,6-7H2,1-2,4-5H3,(H,27,28). The first kappa shape index (κ1) is 21.1. The van der Waals surface area contributed by atoms with Crippen molar-refractivity contribution in [2.45, 2.75) is 40.5 Å². The third-order valence-corrected chi connectivity index (χ3v) is 6.24. The maximum absolute atomic E-state index is 14.0. The molecule has 1 N–H and O–H groups in total.